The molecule has 2 amide bonds. The van der Waals surface area contributed by atoms with E-state index in [-0.39, 0.29) is 18.6 Å². The minimum Gasteiger partial charge on any atom is -0.445 e. The quantitative estimate of drug-likeness (QED) is 0.831. The van der Waals surface area contributed by atoms with Crippen LogP contribution in [0.2, 0.25) is 0 Å². The number of carbonyl (C=O) groups is 2. The van der Waals surface area contributed by atoms with Crippen LogP contribution in [0.15, 0.2) is 66.7 Å². The molecule has 0 aliphatic carbocycles. The van der Waals surface area contributed by atoms with Gasteiger partial charge in [0, 0.05) is 0 Å². The second-order valence-corrected chi connectivity index (χ2v) is 5.49. The number of hydrogen-bond donors (Lipinski definition) is 2. The van der Waals surface area contributed by atoms with E-state index in [9.17, 15) is 9.59 Å². The maximum Gasteiger partial charge on any atom is 0.408 e. The lowest BCUT2D eigenvalue weighted by atomic mass is 9.98. The minimum atomic E-state index is -0.603. The van der Waals surface area contributed by atoms with Crippen LogP contribution in [0.25, 0.3) is 6.08 Å². The summed E-state index contributed by atoms with van der Waals surface area (Å²) in [6, 6.07) is 18.3. The molecule has 2 aromatic carbocycles. The van der Waals surface area contributed by atoms with Crippen molar-refractivity contribution < 1.29 is 14.3 Å². The van der Waals surface area contributed by atoms with Crippen molar-refractivity contribution in [3.63, 3.8) is 0 Å². The average Bonchev–Trinajstić information content (AvgIpc) is 2.63. The molecule has 0 bridgehead atoms. The Bertz CT molecular complexity index is 729. The Morgan fingerprint density at radius 1 is 1.08 bits per heavy atom. The second-order valence-electron chi connectivity index (χ2n) is 5.49. The molecular formula is C19H18N2O3. The number of benzene rings is 2. The van der Waals surface area contributed by atoms with E-state index in [1.807, 2.05) is 72.8 Å². The molecule has 0 radical (unpaired) electrons. The van der Waals surface area contributed by atoms with Crippen molar-refractivity contribution >= 4 is 18.1 Å². The fourth-order valence-corrected chi connectivity index (χ4v) is 2.39. The summed E-state index contributed by atoms with van der Waals surface area (Å²) < 4.78 is 5.14. The van der Waals surface area contributed by atoms with Gasteiger partial charge in [0.1, 0.15) is 12.6 Å². The van der Waals surface area contributed by atoms with E-state index in [0.717, 1.165) is 11.1 Å². The summed E-state index contributed by atoms with van der Waals surface area (Å²) >= 11 is 0. The van der Waals surface area contributed by atoms with Crippen LogP contribution in [-0.2, 0) is 16.1 Å². The smallest absolute Gasteiger partial charge is 0.408 e. The minimum absolute atomic E-state index is 0.172. The van der Waals surface area contributed by atoms with E-state index in [4.69, 9.17) is 4.74 Å². The highest BCUT2D eigenvalue weighted by Gasteiger charge is 2.39. The Morgan fingerprint density at radius 3 is 2.42 bits per heavy atom. The molecule has 1 aliphatic rings. The van der Waals surface area contributed by atoms with Crippen molar-refractivity contribution in [3.05, 3.63) is 77.9 Å². The molecule has 24 heavy (non-hydrogen) atoms. The van der Waals surface area contributed by atoms with Crippen molar-refractivity contribution in [2.24, 2.45) is 0 Å². The third-order valence-electron chi connectivity index (χ3n) is 3.73. The molecule has 5 nitrogen and oxygen atoms in total. The summed E-state index contributed by atoms with van der Waals surface area (Å²) in [4.78, 5) is 23.5. The molecule has 0 aromatic heterocycles. The van der Waals surface area contributed by atoms with Gasteiger partial charge in [0.2, 0.25) is 5.91 Å². The number of carbonyl (C=O) groups excluding carboxylic acids is 2. The second kappa shape index (κ2) is 7.46. The highest BCUT2D eigenvalue weighted by atomic mass is 16.5. The monoisotopic (exact) mass is 322 g/mol. The normalized spacial score (nSPS) is 19.4. The van der Waals surface area contributed by atoms with Gasteiger partial charge in [0.15, 0.2) is 0 Å². The summed E-state index contributed by atoms with van der Waals surface area (Å²) in [5.41, 5.74) is 1.93. The number of amides is 2. The molecule has 3 rings (SSSR count). The van der Waals surface area contributed by atoms with Crippen molar-refractivity contribution in [2.75, 3.05) is 0 Å². The van der Waals surface area contributed by atoms with Gasteiger partial charge in [-0.05, 0) is 11.1 Å². The van der Waals surface area contributed by atoms with Crippen molar-refractivity contribution in [2.45, 2.75) is 18.7 Å². The predicted molar refractivity (Wildman–Crippen MR) is 91.0 cm³/mol. The Kier molecular flexibility index (Phi) is 4.91. The molecule has 0 spiro atoms. The molecular weight excluding hydrogens is 304 g/mol. The Labute approximate surface area is 140 Å². The average molecular weight is 322 g/mol. The van der Waals surface area contributed by atoms with Crippen LogP contribution in [0.3, 0.4) is 0 Å². The lowest BCUT2D eigenvalue weighted by Crippen LogP contribution is -2.68. The zero-order valence-electron chi connectivity index (χ0n) is 13.0. The zero-order valence-corrected chi connectivity index (χ0v) is 13.0. The molecule has 1 saturated heterocycles. The van der Waals surface area contributed by atoms with Crippen LogP contribution in [0.1, 0.15) is 11.1 Å². The van der Waals surface area contributed by atoms with E-state index >= 15 is 0 Å². The summed E-state index contributed by atoms with van der Waals surface area (Å²) in [5.74, 6) is -0.214. The van der Waals surface area contributed by atoms with Crippen molar-refractivity contribution in [1.82, 2.24) is 10.6 Å². The van der Waals surface area contributed by atoms with Gasteiger partial charge in [0.05, 0.1) is 6.04 Å². The van der Waals surface area contributed by atoms with Gasteiger partial charge in [-0.3, -0.25) is 4.79 Å². The summed E-state index contributed by atoms with van der Waals surface area (Å²) in [6.07, 6.45) is 3.17. The number of rotatable bonds is 5. The predicted octanol–water partition coefficient (Wildman–Crippen LogP) is 2.49. The van der Waals surface area contributed by atoms with E-state index < -0.39 is 12.1 Å². The van der Waals surface area contributed by atoms with Gasteiger partial charge in [-0.1, -0.05) is 72.8 Å². The topological polar surface area (TPSA) is 67.4 Å². The molecule has 1 aliphatic heterocycles. The largest absolute Gasteiger partial charge is 0.445 e. The molecule has 0 saturated carbocycles. The SMILES string of the molecule is O=C(N[C@@H]1C(=O)N[C@@H]1C=Cc1ccccc1)OCc1ccccc1. The summed E-state index contributed by atoms with van der Waals surface area (Å²) in [7, 11) is 0. The summed E-state index contributed by atoms with van der Waals surface area (Å²) in [5, 5.41) is 5.34. The van der Waals surface area contributed by atoms with Crippen LogP contribution in [-0.4, -0.2) is 24.1 Å². The standard InChI is InChI=1S/C19H18N2O3/c22-18-17(16(20-18)12-11-14-7-3-1-4-8-14)21-19(23)24-13-15-9-5-2-6-10-15/h1-12,16-17H,13H2,(H,20,22)(H,21,23)/t16-,17+/m1/s1. The molecule has 5 heteroatoms. The first-order valence-corrected chi connectivity index (χ1v) is 7.73. The van der Waals surface area contributed by atoms with E-state index in [2.05, 4.69) is 10.6 Å². The Balaban J connectivity index is 1.50. The number of β-lactam (4-membered cyclic amide) rings is 1. The molecule has 2 atom stereocenters. The molecule has 122 valence electrons. The number of alkyl carbamates (subject to hydrolysis) is 1. The Hall–Kier alpha value is -3.08. The maximum absolute atomic E-state index is 11.8. The van der Waals surface area contributed by atoms with Gasteiger partial charge < -0.3 is 15.4 Å². The highest BCUT2D eigenvalue weighted by Crippen LogP contribution is 2.11. The fourth-order valence-electron chi connectivity index (χ4n) is 2.39. The first-order valence-electron chi connectivity index (χ1n) is 7.73. The number of ether oxygens (including phenoxy) is 1. The van der Waals surface area contributed by atoms with Crippen LogP contribution < -0.4 is 10.6 Å². The first-order chi connectivity index (χ1) is 11.7. The fraction of sp³-hybridized carbons (Fsp3) is 0.158. The number of nitrogens with one attached hydrogen (secondary N) is 2. The van der Waals surface area contributed by atoms with Crippen LogP contribution in [0.4, 0.5) is 4.79 Å². The maximum atomic E-state index is 11.8. The van der Waals surface area contributed by atoms with E-state index in [0.29, 0.717) is 0 Å². The number of hydrogen-bond acceptors (Lipinski definition) is 3. The first kappa shape index (κ1) is 15.8. The van der Waals surface area contributed by atoms with E-state index in [1.165, 1.54) is 0 Å². The molecule has 1 fully saturated rings. The van der Waals surface area contributed by atoms with Crippen molar-refractivity contribution in [3.8, 4) is 0 Å². The molecule has 2 aromatic rings. The van der Waals surface area contributed by atoms with Gasteiger partial charge in [0.25, 0.3) is 0 Å². The lowest BCUT2D eigenvalue weighted by molar-refractivity contribution is -0.130. The van der Waals surface area contributed by atoms with Gasteiger partial charge in [-0.15, -0.1) is 0 Å². The van der Waals surface area contributed by atoms with E-state index in [1.54, 1.807) is 0 Å². The zero-order chi connectivity index (χ0) is 16.8. The van der Waals surface area contributed by atoms with Gasteiger partial charge in [-0.25, -0.2) is 4.79 Å². The van der Waals surface area contributed by atoms with Gasteiger partial charge in [-0.2, -0.15) is 0 Å². The van der Waals surface area contributed by atoms with Gasteiger partial charge >= 0.3 is 6.09 Å². The Morgan fingerprint density at radius 2 is 1.75 bits per heavy atom. The van der Waals surface area contributed by atoms with Crippen LogP contribution >= 0.6 is 0 Å². The summed E-state index contributed by atoms with van der Waals surface area (Å²) in [6.45, 7) is 0.172. The third-order valence-corrected chi connectivity index (χ3v) is 3.73. The lowest BCUT2D eigenvalue weighted by Gasteiger charge is -2.34. The molecule has 0 unspecified atom stereocenters. The highest BCUT2D eigenvalue weighted by molar-refractivity contribution is 5.93. The molecule has 1 heterocycles. The molecule has 2 N–H and O–H groups in total. The van der Waals surface area contributed by atoms with Crippen LogP contribution in [0, 0.1) is 0 Å². The van der Waals surface area contributed by atoms with Crippen molar-refractivity contribution in [1.29, 1.82) is 0 Å². The third kappa shape index (κ3) is 4.01. The van der Waals surface area contributed by atoms with Crippen LogP contribution in [0.5, 0.6) is 0 Å².